The largest absolute Gasteiger partial charge is 0.497 e. The van der Waals surface area contributed by atoms with Crippen LogP contribution in [0, 0.1) is 13.8 Å². The van der Waals surface area contributed by atoms with Crippen molar-refractivity contribution in [3.63, 3.8) is 0 Å². The standard InChI is InChI=1S/C29H35N3O5S/c1-6-30-29(34)23(4)31(19-24-11-10-12-26(18-24)37-5)28(33)20-32(25-16-15-21(2)22(3)17-25)38(35,36)27-13-8-7-9-14-27/h7-18,23H,6,19-20H2,1-5H3,(H,30,34)/t23-/m1/s1. The third kappa shape index (κ3) is 6.72. The van der Waals surface area contributed by atoms with Crippen LogP contribution in [0.25, 0.3) is 0 Å². The molecule has 9 heteroatoms. The molecule has 0 aliphatic heterocycles. The lowest BCUT2D eigenvalue weighted by atomic mass is 10.1. The number of likely N-dealkylation sites (N-methyl/N-ethyl adjacent to an activating group) is 1. The third-order valence-electron chi connectivity index (χ3n) is 6.39. The number of rotatable bonds is 11. The lowest BCUT2D eigenvalue weighted by molar-refractivity contribution is -0.139. The number of nitrogens with one attached hydrogen (secondary N) is 1. The molecule has 202 valence electrons. The molecular weight excluding hydrogens is 502 g/mol. The van der Waals surface area contributed by atoms with Crippen molar-refractivity contribution in [3.8, 4) is 5.75 Å². The van der Waals surface area contributed by atoms with Crippen molar-refractivity contribution in [2.24, 2.45) is 0 Å². The lowest BCUT2D eigenvalue weighted by Crippen LogP contribution is -2.51. The topological polar surface area (TPSA) is 96.0 Å². The van der Waals surface area contributed by atoms with Gasteiger partial charge in [0.1, 0.15) is 18.3 Å². The molecule has 0 saturated carbocycles. The first-order valence-electron chi connectivity index (χ1n) is 12.4. The quantitative estimate of drug-likeness (QED) is 0.398. The van der Waals surface area contributed by atoms with Crippen LogP contribution < -0.4 is 14.4 Å². The van der Waals surface area contributed by atoms with Gasteiger partial charge in [-0.2, -0.15) is 0 Å². The second kappa shape index (κ2) is 12.6. The monoisotopic (exact) mass is 537 g/mol. The van der Waals surface area contributed by atoms with Gasteiger partial charge in [0.2, 0.25) is 11.8 Å². The molecule has 2 amide bonds. The summed E-state index contributed by atoms with van der Waals surface area (Å²) in [6, 6.07) is 19.6. The SMILES string of the molecule is CCNC(=O)[C@@H](C)N(Cc1cccc(OC)c1)C(=O)CN(c1ccc(C)c(C)c1)S(=O)(=O)c1ccccc1. The van der Waals surface area contributed by atoms with Crippen LogP contribution in [0.4, 0.5) is 5.69 Å². The summed E-state index contributed by atoms with van der Waals surface area (Å²) in [6.45, 7) is 7.28. The van der Waals surface area contributed by atoms with Crippen molar-refractivity contribution < 1.29 is 22.7 Å². The number of benzene rings is 3. The Morgan fingerprint density at radius 3 is 2.29 bits per heavy atom. The molecule has 0 aliphatic carbocycles. The molecule has 38 heavy (non-hydrogen) atoms. The molecule has 0 radical (unpaired) electrons. The summed E-state index contributed by atoms with van der Waals surface area (Å²) in [5.74, 6) is -0.222. The maximum atomic E-state index is 13.9. The van der Waals surface area contributed by atoms with Gasteiger partial charge in [-0.3, -0.25) is 13.9 Å². The maximum Gasteiger partial charge on any atom is 0.264 e. The number of carbonyl (C=O) groups is 2. The van der Waals surface area contributed by atoms with E-state index < -0.39 is 28.5 Å². The molecule has 0 aliphatic rings. The predicted molar refractivity (Wildman–Crippen MR) is 149 cm³/mol. The first kappa shape index (κ1) is 28.7. The number of carbonyl (C=O) groups excluding carboxylic acids is 2. The number of anilines is 1. The fraction of sp³-hybridized carbons (Fsp3) is 0.310. The lowest BCUT2D eigenvalue weighted by Gasteiger charge is -2.32. The average molecular weight is 538 g/mol. The Morgan fingerprint density at radius 2 is 1.66 bits per heavy atom. The summed E-state index contributed by atoms with van der Waals surface area (Å²) in [7, 11) is -2.54. The first-order valence-corrected chi connectivity index (χ1v) is 13.9. The number of amides is 2. The summed E-state index contributed by atoms with van der Waals surface area (Å²) >= 11 is 0. The Morgan fingerprint density at radius 1 is 0.947 bits per heavy atom. The minimum Gasteiger partial charge on any atom is -0.497 e. The van der Waals surface area contributed by atoms with Gasteiger partial charge >= 0.3 is 0 Å². The number of hydrogen-bond donors (Lipinski definition) is 1. The van der Waals surface area contributed by atoms with Crippen LogP contribution >= 0.6 is 0 Å². The number of sulfonamides is 1. The second-order valence-corrected chi connectivity index (χ2v) is 10.9. The zero-order valence-corrected chi connectivity index (χ0v) is 23.3. The molecule has 3 aromatic carbocycles. The average Bonchev–Trinajstić information content (AvgIpc) is 2.92. The summed E-state index contributed by atoms with van der Waals surface area (Å²) in [5.41, 5.74) is 3.02. The van der Waals surface area contributed by atoms with Crippen molar-refractivity contribution in [1.82, 2.24) is 10.2 Å². The van der Waals surface area contributed by atoms with Gasteiger partial charge in [-0.15, -0.1) is 0 Å². The van der Waals surface area contributed by atoms with Gasteiger partial charge in [0, 0.05) is 13.1 Å². The van der Waals surface area contributed by atoms with Crippen LogP contribution in [0.2, 0.25) is 0 Å². The van der Waals surface area contributed by atoms with Gasteiger partial charge in [0.15, 0.2) is 0 Å². The van der Waals surface area contributed by atoms with Crippen LogP contribution in [0.5, 0.6) is 5.75 Å². The molecule has 0 spiro atoms. The summed E-state index contributed by atoms with van der Waals surface area (Å²) in [4.78, 5) is 28.1. The Kier molecular flexibility index (Phi) is 9.52. The Bertz CT molecular complexity index is 1380. The Hall–Kier alpha value is -3.85. The van der Waals surface area contributed by atoms with E-state index in [9.17, 15) is 18.0 Å². The molecule has 8 nitrogen and oxygen atoms in total. The zero-order chi connectivity index (χ0) is 27.9. The van der Waals surface area contributed by atoms with Gasteiger partial charge in [0.05, 0.1) is 17.7 Å². The normalized spacial score (nSPS) is 11.9. The molecule has 3 rings (SSSR count). The molecule has 0 unspecified atom stereocenters. The van der Waals surface area contributed by atoms with Gasteiger partial charge in [-0.1, -0.05) is 36.4 Å². The summed E-state index contributed by atoms with van der Waals surface area (Å²) in [5, 5.41) is 2.75. The van der Waals surface area contributed by atoms with E-state index in [-0.39, 0.29) is 17.3 Å². The van der Waals surface area contributed by atoms with Gasteiger partial charge in [0.25, 0.3) is 10.0 Å². The van der Waals surface area contributed by atoms with Crippen molar-refractivity contribution in [3.05, 3.63) is 89.5 Å². The van der Waals surface area contributed by atoms with Crippen LogP contribution in [0.1, 0.15) is 30.5 Å². The third-order valence-corrected chi connectivity index (χ3v) is 8.18. The molecule has 1 atom stereocenters. The molecule has 0 aromatic heterocycles. The second-order valence-electron chi connectivity index (χ2n) is 9.04. The maximum absolute atomic E-state index is 13.9. The minimum absolute atomic E-state index is 0.0714. The van der Waals surface area contributed by atoms with Crippen LogP contribution in [0.3, 0.4) is 0 Å². The smallest absolute Gasteiger partial charge is 0.264 e. The zero-order valence-electron chi connectivity index (χ0n) is 22.5. The van der Waals surface area contributed by atoms with E-state index in [0.29, 0.717) is 18.0 Å². The molecular formula is C29H35N3O5S. The number of nitrogens with zero attached hydrogens (tertiary/aromatic N) is 2. The van der Waals surface area contributed by atoms with E-state index in [2.05, 4.69) is 5.32 Å². The highest BCUT2D eigenvalue weighted by atomic mass is 32.2. The van der Waals surface area contributed by atoms with Crippen LogP contribution in [0.15, 0.2) is 77.7 Å². The van der Waals surface area contributed by atoms with Gasteiger partial charge in [-0.25, -0.2) is 8.42 Å². The molecule has 3 aromatic rings. The molecule has 0 bridgehead atoms. The highest BCUT2D eigenvalue weighted by Crippen LogP contribution is 2.26. The van der Waals surface area contributed by atoms with E-state index in [1.54, 1.807) is 69.5 Å². The number of methoxy groups -OCH3 is 1. The molecule has 0 heterocycles. The van der Waals surface area contributed by atoms with Crippen LogP contribution in [-0.2, 0) is 26.2 Å². The summed E-state index contributed by atoms with van der Waals surface area (Å²) < 4.78 is 34.0. The fourth-order valence-electron chi connectivity index (χ4n) is 4.00. The minimum atomic E-state index is -4.09. The van der Waals surface area contributed by atoms with Crippen molar-refractivity contribution in [1.29, 1.82) is 0 Å². The van der Waals surface area contributed by atoms with E-state index in [1.165, 1.54) is 17.0 Å². The molecule has 0 fully saturated rings. The van der Waals surface area contributed by atoms with E-state index >= 15 is 0 Å². The van der Waals surface area contributed by atoms with E-state index in [4.69, 9.17) is 4.74 Å². The van der Waals surface area contributed by atoms with Crippen molar-refractivity contribution in [2.75, 3.05) is 24.5 Å². The highest BCUT2D eigenvalue weighted by molar-refractivity contribution is 7.92. The molecule has 1 N–H and O–H groups in total. The summed E-state index contributed by atoms with van der Waals surface area (Å²) in [6.07, 6.45) is 0. The number of hydrogen-bond acceptors (Lipinski definition) is 5. The van der Waals surface area contributed by atoms with Crippen LogP contribution in [-0.4, -0.2) is 51.4 Å². The van der Waals surface area contributed by atoms with Crippen molar-refractivity contribution in [2.45, 2.75) is 45.2 Å². The van der Waals surface area contributed by atoms with Gasteiger partial charge < -0.3 is 15.0 Å². The van der Waals surface area contributed by atoms with Crippen molar-refractivity contribution >= 4 is 27.5 Å². The number of aryl methyl sites for hydroxylation is 2. The number of ether oxygens (including phenoxy) is 1. The Labute approximate surface area is 225 Å². The van der Waals surface area contributed by atoms with E-state index in [1.807, 2.05) is 26.0 Å². The Balaban J connectivity index is 2.05. The van der Waals surface area contributed by atoms with Gasteiger partial charge in [-0.05, 0) is 80.8 Å². The predicted octanol–water partition coefficient (Wildman–Crippen LogP) is 4.06. The van der Waals surface area contributed by atoms with E-state index in [0.717, 1.165) is 21.0 Å². The fourth-order valence-corrected chi connectivity index (χ4v) is 5.43. The highest BCUT2D eigenvalue weighted by Gasteiger charge is 2.32. The first-order chi connectivity index (χ1) is 18.1. The molecule has 0 saturated heterocycles.